The van der Waals surface area contributed by atoms with Crippen LogP contribution in [0.25, 0.3) is 5.69 Å². The zero-order valence-electron chi connectivity index (χ0n) is 17.0. The highest BCUT2D eigenvalue weighted by Gasteiger charge is 2.21. The maximum absolute atomic E-state index is 10.2. The van der Waals surface area contributed by atoms with Crippen LogP contribution in [0.5, 0.6) is 0 Å². The summed E-state index contributed by atoms with van der Waals surface area (Å²) in [6, 6.07) is 8.50. The summed E-state index contributed by atoms with van der Waals surface area (Å²) < 4.78 is 4.04. The van der Waals surface area contributed by atoms with Gasteiger partial charge < -0.3 is 5.11 Å². The van der Waals surface area contributed by atoms with E-state index < -0.39 is 6.10 Å². The molecule has 6 heteroatoms. The lowest BCUT2D eigenvalue weighted by Crippen LogP contribution is -2.24. The SMILES string of the molecule is CC[C@H](O)c1cc2n(n1)CCCN(Cc1c(C)cc(C)cc1-n1cccn1)C2. The van der Waals surface area contributed by atoms with Crippen LogP contribution in [0, 0.1) is 13.8 Å². The van der Waals surface area contributed by atoms with Gasteiger partial charge >= 0.3 is 0 Å². The molecule has 148 valence electrons. The lowest BCUT2D eigenvalue weighted by molar-refractivity contribution is 0.167. The van der Waals surface area contributed by atoms with Gasteiger partial charge in [-0.3, -0.25) is 9.58 Å². The average Bonchev–Trinajstić information content (AvgIpc) is 3.30. The zero-order valence-corrected chi connectivity index (χ0v) is 17.0. The monoisotopic (exact) mass is 379 g/mol. The highest BCUT2D eigenvalue weighted by Crippen LogP contribution is 2.25. The fourth-order valence-electron chi connectivity index (χ4n) is 4.08. The van der Waals surface area contributed by atoms with Crippen molar-refractivity contribution in [1.29, 1.82) is 0 Å². The molecule has 1 aliphatic heterocycles. The van der Waals surface area contributed by atoms with E-state index in [4.69, 9.17) is 0 Å². The highest BCUT2D eigenvalue weighted by molar-refractivity contribution is 5.48. The van der Waals surface area contributed by atoms with Crippen molar-refractivity contribution in [3.8, 4) is 5.69 Å². The van der Waals surface area contributed by atoms with E-state index in [1.165, 1.54) is 22.4 Å². The summed E-state index contributed by atoms with van der Waals surface area (Å²) in [4.78, 5) is 2.48. The van der Waals surface area contributed by atoms with Crippen LogP contribution >= 0.6 is 0 Å². The Morgan fingerprint density at radius 1 is 1.18 bits per heavy atom. The first-order valence-electron chi connectivity index (χ1n) is 10.1. The largest absolute Gasteiger partial charge is 0.387 e. The van der Waals surface area contributed by atoms with E-state index in [2.05, 4.69) is 51.8 Å². The summed E-state index contributed by atoms with van der Waals surface area (Å²) in [5, 5.41) is 19.3. The molecule has 0 fully saturated rings. The summed E-state index contributed by atoms with van der Waals surface area (Å²) in [5.41, 5.74) is 7.00. The summed E-state index contributed by atoms with van der Waals surface area (Å²) in [6.45, 7) is 9.95. The Hall–Kier alpha value is -2.44. The Bertz CT molecular complexity index is 944. The van der Waals surface area contributed by atoms with Crippen molar-refractivity contribution in [3.63, 3.8) is 0 Å². The van der Waals surface area contributed by atoms with E-state index in [1.807, 2.05) is 30.1 Å². The summed E-state index contributed by atoms with van der Waals surface area (Å²) >= 11 is 0. The van der Waals surface area contributed by atoms with Crippen LogP contribution in [0.15, 0.2) is 36.7 Å². The van der Waals surface area contributed by atoms with Gasteiger partial charge in [-0.05, 0) is 61.6 Å². The number of hydrogen-bond acceptors (Lipinski definition) is 4. The predicted octanol–water partition coefficient (Wildman–Crippen LogP) is 3.53. The third kappa shape index (κ3) is 3.75. The van der Waals surface area contributed by atoms with Crippen molar-refractivity contribution in [2.24, 2.45) is 0 Å². The normalized spacial score (nSPS) is 16.0. The van der Waals surface area contributed by atoms with E-state index in [-0.39, 0.29) is 0 Å². The Kier molecular flexibility index (Phi) is 5.33. The molecule has 3 aromatic rings. The van der Waals surface area contributed by atoms with Crippen molar-refractivity contribution >= 4 is 0 Å². The van der Waals surface area contributed by atoms with E-state index >= 15 is 0 Å². The Morgan fingerprint density at radius 2 is 2.04 bits per heavy atom. The maximum Gasteiger partial charge on any atom is 0.0975 e. The molecule has 0 radical (unpaired) electrons. The molecule has 0 amide bonds. The quantitative estimate of drug-likeness (QED) is 0.737. The first-order valence-corrected chi connectivity index (χ1v) is 10.1. The molecule has 6 nitrogen and oxygen atoms in total. The summed E-state index contributed by atoms with van der Waals surface area (Å²) in [7, 11) is 0. The van der Waals surface area contributed by atoms with Gasteiger partial charge in [0.15, 0.2) is 0 Å². The number of benzene rings is 1. The second-order valence-electron chi connectivity index (χ2n) is 7.80. The second-order valence-corrected chi connectivity index (χ2v) is 7.80. The molecular weight excluding hydrogens is 350 g/mol. The molecule has 0 unspecified atom stereocenters. The van der Waals surface area contributed by atoms with Crippen LogP contribution < -0.4 is 0 Å². The highest BCUT2D eigenvalue weighted by atomic mass is 16.3. The maximum atomic E-state index is 10.2. The molecule has 2 aromatic heterocycles. The molecule has 1 atom stereocenters. The van der Waals surface area contributed by atoms with Crippen LogP contribution in [0.2, 0.25) is 0 Å². The minimum absolute atomic E-state index is 0.473. The van der Waals surface area contributed by atoms with Gasteiger partial charge in [0.2, 0.25) is 0 Å². The third-order valence-electron chi connectivity index (χ3n) is 5.57. The van der Waals surface area contributed by atoms with Crippen molar-refractivity contribution in [3.05, 3.63) is 64.7 Å². The van der Waals surface area contributed by atoms with Crippen LogP contribution in [0.4, 0.5) is 0 Å². The fourth-order valence-corrected chi connectivity index (χ4v) is 4.08. The minimum Gasteiger partial charge on any atom is -0.387 e. The van der Waals surface area contributed by atoms with Gasteiger partial charge in [0.05, 0.1) is 23.2 Å². The Balaban J connectivity index is 1.62. The Labute approximate surface area is 166 Å². The number of hydrogen-bond donors (Lipinski definition) is 1. The van der Waals surface area contributed by atoms with E-state index in [0.29, 0.717) is 6.42 Å². The lowest BCUT2D eigenvalue weighted by atomic mass is 10.0. The molecule has 0 spiro atoms. The molecular formula is C22H29N5O. The van der Waals surface area contributed by atoms with E-state index in [9.17, 15) is 5.11 Å². The van der Waals surface area contributed by atoms with Crippen LogP contribution in [-0.4, -0.2) is 36.1 Å². The van der Waals surface area contributed by atoms with E-state index in [1.54, 1.807) is 0 Å². The van der Waals surface area contributed by atoms with Gasteiger partial charge in [-0.25, -0.2) is 4.68 Å². The lowest BCUT2D eigenvalue weighted by Gasteiger charge is -2.23. The molecule has 4 rings (SSSR count). The van der Waals surface area contributed by atoms with Crippen molar-refractivity contribution in [1.82, 2.24) is 24.5 Å². The van der Waals surface area contributed by atoms with E-state index in [0.717, 1.165) is 44.0 Å². The van der Waals surface area contributed by atoms with Gasteiger partial charge in [-0.2, -0.15) is 10.2 Å². The average molecular weight is 380 g/mol. The van der Waals surface area contributed by atoms with Gasteiger partial charge in [0, 0.05) is 38.6 Å². The summed E-state index contributed by atoms with van der Waals surface area (Å²) in [6.07, 6.45) is 5.10. The number of rotatable bonds is 5. The second kappa shape index (κ2) is 7.89. The number of nitrogens with zero attached hydrogens (tertiary/aromatic N) is 5. The van der Waals surface area contributed by atoms with Crippen LogP contribution in [-0.2, 0) is 19.6 Å². The summed E-state index contributed by atoms with van der Waals surface area (Å²) in [5.74, 6) is 0. The van der Waals surface area contributed by atoms with Crippen molar-refractivity contribution in [2.45, 2.75) is 59.4 Å². The topological polar surface area (TPSA) is 59.1 Å². The smallest absolute Gasteiger partial charge is 0.0975 e. The number of fused-ring (bicyclic) bond motifs is 1. The fraction of sp³-hybridized carbons (Fsp3) is 0.455. The molecule has 0 bridgehead atoms. The molecule has 1 aliphatic rings. The Morgan fingerprint density at radius 3 is 2.79 bits per heavy atom. The third-order valence-corrected chi connectivity index (χ3v) is 5.57. The first kappa shape index (κ1) is 18.9. The molecule has 28 heavy (non-hydrogen) atoms. The number of aromatic nitrogens is 4. The number of aryl methyl sites for hydroxylation is 3. The number of aliphatic hydroxyl groups excluding tert-OH is 1. The first-order chi connectivity index (χ1) is 13.5. The zero-order chi connectivity index (χ0) is 19.7. The standard InChI is InChI=1S/C22H29N5O/c1-4-22(28)20-13-18-14-25(8-6-10-26(18)24-20)15-19-17(3)11-16(2)12-21(19)27-9-5-7-23-27/h5,7,9,11-13,22,28H,4,6,8,10,14-15H2,1-3H3/t22-/m0/s1. The van der Waals surface area contributed by atoms with Gasteiger partial charge in [0.25, 0.3) is 0 Å². The van der Waals surface area contributed by atoms with Gasteiger partial charge in [-0.15, -0.1) is 0 Å². The molecule has 1 N–H and O–H groups in total. The van der Waals surface area contributed by atoms with Crippen LogP contribution in [0.1, 0.15) is 53.9 Å². The van der Waals surface area contributed by atoms with Gasteiger partial charge in [0.1, 0.15) is 0 Å². The van der Waals surface area contributed by atoms with Crippen LogP contribution in [0.3, 0.4) is 0 Å². The van der Waals surface area contributed by atoms with Crippen molar-refractivity contribution < 1.29 is 5.11 Å². The van der Waals surface area contributed by atoms with Crippen molar-refractivity contribution in [2.75, 3.05) is 6.54 Å². The molecule has 3 heterocycles. The van der Waals surface area contributed by atoms with Gasteiger partial charge in [-0.1, -0.05) is 13.0 Å². The molecule has 0 aliphatic carbocycles. The minimum atomic E-state index is -0.473. The molecule has 0 saturated heterocycles. The molecule has 0 saturated carbocycles. The molecule has 1 aromatic carbocycles. The predicted molar refractivity (Wildman–Crippen MR) is 109 cm³/mol. The number of aliphatic hydroxyl groups is 1.